The van der Waals surface area contributed by atoms with Gasteiger partial charge in [0.05, 0.1) is 11.4 Å². The van der Waals surface area contributed by atoms with Crippen LogP contribution in [0, 0.1) is 6.92 Å². The van der Waals surface area contributed by atoms with Gasteiger partial charge in [-0.2, -0.15) is 5.10 Å². The molecule has 0 saturated carbocycles. The van der Waals surface area contributed by atoms with Gasteiger partial charge >= 0.3 is 0 Å². The molecule has 100 valence electrons. The summed E-state index contributed by atoms with van der Waals surface area (Å²) in [5.74, 6) is 0.578. The molecule has 0 radical (unpaired) electrons. The SMILES string of the molecule is CCc1nnc(NCc2ccc(C)nc2)nc1CC. The largest absolute Gasteiger partial charge is 0.349 e. The Kier molecular flexibility index (Phi) is 4.39. The van der Waals surface area contributed by atoms with E-state index in [9.17, 15) is 0 Å². The molecule has 0 bridgehead atoms. The second kappa shape index (κ2) is 6.22. The number of nitrogens with one attached hydrogen (secondary N) is 1. The van der Waals surface area contributed by atoms with E-state index in [-0.39, 0.29) is 0 Å². The van der Waals surface area contributed by atoms with Crippen LogP contribution in [0.2, 0.25) is 0 Å². The fraction of sp³-hybridized carbons (Fsp3) is 0.429. The molecule has 1 N–H and O–H groups in total. The Labute approximate surface area is 113 Å². The van der Waals surface area contributed by atoms with Gasteiger partial charge in [0.15, 0.2) is 0 Å². The van der Waals surface area contributed by atoms with Crippen molar-refractivity contribution < 1.29 is 0 Å². The van der Waals surface area contributed by atoms with Crippen LogP contribution in [0.25, 0.3) is 0 Å². The lowest BCUT2D eigenvalue weighted by Gasteiger charge is -2.07. The van der Waals surface area contributed by atoms with Gasteiger partial charge in [0.1, 0.15) is 0 Å². The topological polar surface area (TPSA) is 63.6 Å². The van der Waals surface area contributed by atoms with Crippen molar-refractivity contribution in [3.05, 3.63) is 41.0 Å². The van der Waals surface area contributed by atoms with Crippen molar-refractivity contribution in [3.63, 3.8) is 0 Å². The van der Waals surface area contributed by atoms with Gasteiger partial charge < -0.3 is 5.32 Å². The summed E-state index contributed by atoms with van der Waals surface area (Å²) in [7, 11) is 0. The van der Waals surface area contributed by atoms with E-state index >= 15 is 0 Å². The molecule has 0 atom stereocenters. The summed E-state index contributed by atoms with van der Waals surface area (Å²) in [5.41, 5.74) is 4.11. The number of aromatic nitrogens is 4. The summed E-state index contributed by atoms with van der Waals surface area (Å²) in [6.45, 7) is 6.78. The molecule has 0 aliphatic heterocycles. The fourth-order valence-corrected chi connectivity index (χ4v) is 1.80. The normalized spacial score (nSPS) is 10.5. The van der Waals surface area contributed by atoms with E-state index < -0.39 is 0 Å². The quantitative estimate of drug-likeness (QED) is 0.890. The van der Waals surface area contributed by atoms with Crippen LogP contribution in [-0.2, 0) is 19.4 Å². The van der Waals surface area contributed by atoms with E-state index in [1.807, 2.05) is 25.3 Å². The Morgan fingerprint density at radius 2 is 1.84 bits per heavy atom. The highest BCUT2D eigenvalue weighted by Crippen LogP contribution is 2.08. The molecule has 0 spiro atoms. The van der Waals surface area contributed by atoms with Gasteiger partial charge in [-0.05, 0) is 31.4 Å². The Morgan fingerprint density at radius 3 is 2.47 bits per heavy atom. The minimum atomic E-state index is 0.578. The molecule has 2 aromatic heterocycles. The zero-order valence-corrected chi connectivity index (χ0v) is 11.6. The Hall–Kier alpha value is -2.04. The maximum Gasteiger partial charge on any atom is 0.243 e. The number of rotatable bonds is 5. The van der Waals surface area contributed by atoms with Gasteiger partial charge in [0.2, 0.25) is 5.95 Å². The lowest BCUT2D eigenvalue weighted by molar-refractivity contribution is 0.819. The number of anilines is 1. The van der Waals surface area contributed by atoms with Crippen LogP contribution in [0.5, 0.6) is 0 Å². The van der Waals surface area contributed by atoms with E-state index in [1.54, 1.807) is 0 Å². The summed E-state index contributed by atoms with van der Waals surface area (Å²) < 4.78 is 0. The predicted octanol–water partition coefficient (Wildman–Crippen LogP) is 2.31. The number of hydrogen-bond acceptors (Lipinski definition) is 5. The molecule has 2 rings (SSSR count). The molecule has 0 amide bonds. The van der Waals surface area contributed by atoms with Crippen LogP contribution < -0.4 is 5.32 Å². The summed E-state index contributed by atoms with van der Waals surface area (Å²) in [5, 5.41) is 11.5. The van der Waals surface area contributed by atoms with Crippen molar-refractivity contribution >= 4 is 5.95 Å². The second-order valence-electron chi connectivity index (χ2n) is 4.40. The van der Waals surface area contributed by atoms with Crippen molar-refractivity contribution in [2.24, 2.45) is 0 Å². The van der Waals surface area contributed by atoms with Gasteiger partial charge in [-0.25, -0.2) is 4.98 Å². The monoisotopic (exact) mass is 257 g/mol. The Morgan fingerprint density at radius 1 is 1.05 bits per heavy atom. The minimum Gasteiger partial charge on any atom is -0.349 e. The smallest absolute Gasteiger partial charge is 0.243 e. The molecule has 2 heterocycles. The standard InChI is InChI=1S/C14H19N5/c1-4-12-13(5-2)18-19-14(17-12)16-9-11-7-6-10(3)15-8-11/h6-8H,4-5,9H2,1-3H3,(H,16,17,19). The lowest BCUT2D eigenvalue weighted by atomic mass is 10.2. The molecule has 0 aliphatic carbocycles. The maximum absolute atomic E-state index is 4.49. The highest BCUT2D eigenvalue weighted by atomic mass is 15.2. The van der Waals surface area contributed by atoms with Crippen LogP contribution in [0.3, 0.4) is 0 Å². The highest BCUT2D eigenvalue weighted by Gasteiger charge is 2.05. The van der Waals surface area contributed by atoms with Gasteiger partial charge in [0, 0.05) is 18.4 Å². The fourth-order valence-electron chi connectivity index (χ4n) is 1.80. The maximum atomic E-state index is 4.49. The first-order valence-electron chi connectivity index (χ1n) is 6.60. The predicted molar refractivity (Wildman–Crippen MR) is 74.9 cm³/mol. The molecular weight excluding hydrogens is 238 g/mol. The molecule has 2 aromatic rings. The molecule has 5 nitrogen and oxygen atoms in total. The number of aryl methyl sites for hydroxylation is 3. The van der Waals surface area contributed by atoms with E-state index in [2.05, 4.69) is 39.3 Å². The van der Waals surface area contributed by atoms with E-state index in [1.165, 1.54) is 0 Å². The third-order valence-corrected chi connectivity index (χ3v) is 2.93. The second-order valence-corrected chi connectivity index (χ2v) is 4.40. The minimum absolute atomic E-state index is 0.578. The summed E-state index contributed by atoms with van der Waals surface area (Å²) in [6.07, 6.45) is 3.60. The highest BCUT2D eigenvalue weighted by molar-refractivity contribution is 5.28. The van der Waals surface area contributed by atoms with Crippen molar-refractivity contribution in [2.75, 3.05) is 5.32 Å². The van der Waals surface area contributed by atoms with E-state index in [4.69, 9.17) is 0 Å². The number of pyridine rings is 1. The average molecular weight is 257 g/mol. The summed E-state index contributed by atoms with van der Waals surface area (Å²) in [6, 6.07) is 4.04. The van der Waals surface area contributed by atoms with Gasteiger partial charge in [-0.3, -0.25) is 4.98 Å². The molecule has 0 aliphatic rings. The molecule has 5 heteroatoms. The van der Waals surface area contributed by atoms with Gasteiger partial charge in [0.25, 0.3) is 0 Å². The first-order chi connectivity index (χ1) is 9.22. The molecule has 0 aromatic carbocycles. The Balaban J connectivity index is 2.05. The third-order valence-electron chi connectivity index (χ3n) is 2.93. The van der Waals surface area contributed by atoms with Crippen LogP contribution in [0.1, 0.15) is 36.5 Å². The first kappa shape index (κ1) is 13.4. The average Bonchev–Trinajstić information content (AvgIpc) is 2.46. The van der Waals surface area contributed by atoms with Crippen molar-refractivity contribution in [1.29, 1.82) is 0 Å². The summed E-state index contributed by atoms with van der Waals surface area (Å²) >= 11 is 0. The Bertz CT molecular complexity index is 536. The van der Waals surface area contributed by atoms with Crippen LogP contribution in [0.4, 0.5) is 5.95 Å². The lowest BCUT2D eigenvalue weighted by Crippen LogP contribution is -2.09. The third kappa shape index (κ3) is 3.47. The zero-order valence-electron chi connectivity index (χ0n) is 11.6. The number of nitrogens with zero attached hydrogens (tertiary/aromatic N) is 4. The van der Waals surface area contributed by atoms with Crippen LogP contribution in [0.15, 0.2) is 18.3 Å². The molecule has 0 fully saturated rings. The molecular formula is C14H19N5. The van der Waals surface area contributed by atoms with E-state index in [0.29, 0.717) is 12.5 Å². The summed E-state index contributed by atoms with van der Waals surface area (Å²) in [4.78, 5) is 8.75. The molecule has 19 heavy (non-hydrogen) atoms. The van der Waals surface area contributed by atoms with Crippen LogP contribution >= 0.6 is 0 Å². The van der Waals surface area contributed by atoms with Crippen molar-refractivity contribution in [2.45, 2.75) is 40.2 Å². The zero-order chi connectivity index (χ0) is 13.7. The molecule has 0 unspecified atom stereocenters. The van der Waals surface area contributed by atoms with Gasteiger partial charge in [-0.1, -0.05) is 19.9 Å². The van der Waals surface area contributed by atoms with Crippen molar-refractivity contribution in [1.82, 2.24) is 20.2 Å². The van der Waals surface area contributed by atoms with Crippen molar-refractivity contribution in [3.8, 4) is 0 Å². The van der Waals surface area contributed by atoms with E-state index in [0.717, 1.165) is 35.5 Å². The number of hydrogen-bond donors (Lipinski definition) is 1. The van der Waals surface area contributed by atoms with Gasteiger partial charge in [-0.15, -0.1) is 5.10 Å². The van der Waals surface area contributed by atoms with Crippen LogP contribution in [-0.4, -0.2) is 20.2 Å². The molecule has 0 saturated heterocycles. The first-order valence-corrected chi connectivity index (χ1v) is 6.60.